The molecule has 0 atom stereocenters. The van der Waals surface area contributed by atoms with Crippen molar-refractivity contribution in [2.24, 2.45) is 0 Å². The normalized spacial score (nSPS) is 10.4. The lowest BCUT2D eigenvalue weighted by molar-refractivity contribution is -0.142. The first-order valence-corrected chi connectivity index (χ1v) is 5.75. The number of carbonyl (C=O) groups excluding carboxylic acids is 1. The van der Waals surface area contributed by atoms with Crippen molar-refractivity contribution in [3.05, 3.63) is 29.8 Å². The third-order valence-electron chi connectivity index (χ3n) is 2.31. The van der Waals surface area contributed by atoms with Gasteiger partial charge < -0.3 is 14.2 Å². The second-order valence-electron chi connectivity index (χ2n) is 3.53. The SMILES string of the molecule is CCOC(=O)C/C=C/c1ccc(OC)c(OC)c1. The summed E-state index contributed by atoms with van der Waals surface area (Å²) >= 11 is 0. The first-order valence-electron chi connectivity index (χ1n) is 5.75. The molecule has 1 rings (SSSR count). The Bertz CT molecular complexity index is 424. The van der Waals surface area contributed by atoms with Gasteiger partial charge in [-0.1, -0.05) is 18.2 Å². The number of hydrogen-bond acceptors (Lipinski definition) is 4. The number of hydrogen-bond donors (Lipinski definition) is 0. The predicted molar refractivity (Wildman–Crippen MR) is 69.8 cm³/mol. The van der Waals surface area contributed by atoms with E-state index in [9.17, 15) is 4.79 Å². The monoisotopic (exact) mass is 250 g/mol. The Morgan fingerprint density at radius 2 is 1.94 bits per heavy atom. The summed E-state index contributed by atoms with van der Waals surface area (Å²) in [5.74, 6) is 1.12. The second-order valence-corrected chi connectivity index (χ2v) is 3.53. The van der Waals surface area contributed by atoms with Gasteiger partial charge in [-0.05, 0) is 24.6 Å². The molecule has 0 heterocycles. The summed E-state index contributed by atoms with van der Waals surface area (Å²) in [4.78, 5) is 11.1. The van der Waals surface area contributed by atoms with Crippen molar-refractivity contribution in [2.75, 3.05) is 20.8 Å². The molecular formula is C14H18O4. The van der Waals surface area contributed by atoms with E-state index in [1.807, 2.05) is 24.3 Å². The Morgan fingerprint density at radius 3 is 2.56 bits per heavy atom. The number of carbonyl (C=O) groups is 1. The molecule has 1 aromatic carbocycles. The first-order chi connectivity index (χ1) is 8.71. The topological polar surface area (TPSA) is 44.8 Å². The van der Waals surface area contributed by atoms with E-state index in [0.29, 0.717) is 18.1 Å². The van der Waals surface area contributed by atoms with Crippen molar-refractivity contribution in [2.45, 2.75) is 13.3 Å². The summed E-state index contributed by atoms with van der Waals surface area (Å²) in [6.45, 7) is 2.19. The highest BCUT2D eigenvalue weighted by molar-refractivity contribution is 5.72. The van der Waals surface area contributed by atoms with Crippen LogP contribution in [-0.2, 0) is 9.53 Å². The highest BCUT2D eigenvalue weighted by Gasteiger charge is 2.02. The minimum absolute atomic E-state index is 0.228. The van der Waals surface area contributed by atoms with Gasteiger partial charge in [-0.3, -0.25) is 4.79 Å². The van der Waals surface area contributed by atoms with E-state index in [4.69, 9.17) is 14.2 Å². The van der Waals surface area contributed by atoms with Crippen LogP contribution in [0.3, 0.4) is 0 Å². The molecule has 0 bridgehead atoms. The lowest BCUT2D eigenvalue weighted by Crippen LogP contribution is -2.01. The van der Waals surface area contributed by atoms with Gasteiger partial charge in [0.05, 0.1) is 27.2 Å². The molecular weight excluding hydrogens is 232 g/mol. The van der Waals surface area contributed by atoms with E-state index in [2.05, 4.69) is 0 Å². The summed E-state index contributed by atoms with van der Waals surface area (Å²) in [6, 6.07) is 5.56. The number of ether oxygens (including phenoxy) is 3. The molecule has 4 nitrogen and oxygen atoms in total. The van der Waals surface area contributed by atoms with E-state index in [1.54, 1.807) is 27.2 Å². The predicted octanol–water partition coefficient (Wildman–Crippen LogP) is 2.67. The van der Waals surface area contributed by atoms with Crippen molar-refractivity contribution in [3.8, 4) is 11.5 Å². The molecule has 0 aliphatic carbocycles. The Hall–Kier alpha value is -1.97. The number of rotatable bonds is 6. The maximum absolute atomic E-state index is 11.1. The van der Waals surface area contributed by atoms with E-state index in [1.165, 1.54) is 0 Å². The third-order valence-corrected chi connectivity index (χ3v) is 2.31. The number of methoxy groups -OCH3 is 2. The van der Waals surface area contributed by atoms with Crippen LogP contribution in [0, 0.1) is 0 Å². The summed E-state index contributed by atoms with van der Waals surface area (Å²) in [5.41, 5.74) is 0.942. The lowest BCUT2D eigenvalue weighted by atomic mass is 10.2. The summed E-state index contributed by atoms with van der Waals surface area (Å²) < 4.78 is 15.2. The lowest BCUT2D eigenvalue weighted by Gasteiger charge is -2.07. The Balaban J connectivity index is 2.67. The molecule has 0 N–H and O–H groups in total. The van der Waals surface area contributed by atoms with E-state index in [0.717, 1.165) is 5.56 Å². The Labute approximate surface area is 107 Å². The van der Waals surface area contributed by atoms with Gasteiger partial charge in [0.2, 0.25) is 0 Å². The highest BCUT2D eigenvalue weighted by atomic mass is 16.5. The average molecular weight is 250 g/mol. The van der Waals surface area contributed by atoms with E-state index >= 15 is 0 Å². The van der Waals surface area contributed by atoms with Crippen LogP contribution >= 0.6 is 0 Å². The number of benzene rings is 1. The molecule has 98 valence electrons. The van der Waals surface area contributed by atoms with Gasteiger partial charge >= 0.3 is 5.97 Å². The van der Waals surface area contributed by atoms with Gasteiger partial charge in [-0.25, -0.2) is 0 Å². The molecule has 0 amide bonds. The van der Waals surface area contributed by atoms with Crippen molar-refractivity contribution in [3.63, 3.8) is 0 Å². The zero-order valence-electron chi connectivity index (χ0n) is 10.9. The van der Waals surface area contributed by atoms with Crippen LogP contribution in [0.5, 0.6) is 11.5 Å². The zero-order chi connectivity index (χ0) is 13.4. The van der Waals surface area contributed by atoms with Crippen LogP contribution < -0.4 is 9.47 Å². The van der Waals surface area contributed by atoms with Gasteiger partial charge in [0.15, 0.2) is 11.5 Å². The molecule has 1 aromatic rings. The van der Waals surface area contributed by atoms with E-state index in [-0.39, 0.29) is 12.4 Å². The average Bonchev–Trinajstić information content (AvgIpc) is 2.38. The van der Waals surface area contributed by atoms with Gasteiger partial charge in [-0.2, -0.15) is 0 Å². The first kappa shape index (κ1) is 14.1. The van der Waals surface area contributed by atoms with Crippen molar-refractivity contribution < 1.29 is 19.0 Å². The maximum atomic E-state index is 11.1. The zero-order valence-corrected chi connectivity index (χ0v) is 10.9. The van der Waals surface area contributed by atoms with Crippen molar-refractivity contribution in [1.29, 1.82) is 0 Å². The molecule has 0 saturated carbocycles. The molecule has 0 aromatic heterocycles. The highest BCUT2D eigenvalue weighted by Crippen LogP contribution is 2.27. The van der Waals surface area contributed by atoms with Gasteiger partial charge in [0.25, 0.3) is 0 Å². The van der Waals surface area contributed by atoms with Crippen LogP contribution in [0.4, 0.5) is 0 Å². The fourth-order valence-electron chi connectivity index (χ4n) is 1.47. The van der Waals surface area contributed by atoms with Crippen LogP contribution in [0.2, 0.25) is 0 Å². The maximum Gasteiger partial charge on any atom is 0.309 e. The minimum atomic E-state index is -0.228. The smallest absolute Gasteiger partial charge is 0.309 e. The standard InChI is InChI=1S/C14H18O4/c1-4-18-14(15)7-5-6-11-8-9-12(16-2)13(10-11)17-3/h5-6,8-10H,4,7H2,1-3H3/b6-5+. The van der Waals surface area contributed by atoms with Gasteiger partial charge in [-0.15, -0.1) is 0 Å². The van der Waals surface area contributed by atoms with Gasteiger partial charge in [0, 0.05) is 0 Å². The fraction of sp³-hybridized carbons (Fsp3) is 0.357. The molecule has 0 saturated heterocycles. The fourth-order valence-corrected chi connectivity index (χ4v) is 1.47. The van der Waals surface area contributed by atoms with Crippen LogP contribution in [0.25, 0.3) is 6.08 Å². The molecule has 18 heavy (non-hydrogen) atoms. The van der Waals surface area contributed by atoms with Crippen LogP contribution in [0.1, 0.15) is 18.9 Å². The minimum Gasteiger partial charge on any atom is -0.493 e. The van der Waals surface area contributed by atoms with Crippen LogP contribution in [-0.4, -0.2) is 26.8 Å². The summed E-state index contributed by atoms with van der Waals surface area (Å²) in [7, 11) is 3.18. The molecule has 0 fully saturated rings. The molecule has 0 radical (unpaired) electrons. The molecule has 0 unspecified atom stereocenters. The largest absolute Gasteiger partial charge is 0.493 e. The molecule has 0 aliphatic rings. The molecule has 0 aliphatic heterocycles. The van der Waals surface area contributed by atoms with Crippen molar-refractivity contribution in [1.82, 2.24) is 0 Å². The Morgan fingerprint density at radius 1 is 1.22 bits per heavy atom. The summed E-state index contributed by atoms with van der Waals surface area (Å²) in [6.07, 6.45) is 3.88. The van der Waals surface area contributed by atoms with Crippen LogP contribution in [0.15, 0.2) is 24.3 Å². The van der Waals surface area contributed by atoms with Gasteiger partial charge in [0.1, 0.15) is 0 Å². The number of esters is 1. The quantitative estimate of drug-likeness (QED) is 0.728. The summed E-state index contributed by atoms with van der Waals surface area (Å²) in [5, 5.41) is 0. The van der Waals surface area contributed by atoms with E-state index < -0.39 is 0 Å². The molecule has 0 spiro atoms. The van der Waals surface area contributed by atoms with Crippen molar-refractivity contribution >= 4 is 12.0 Å². The Kier molecular flexibility index (Phi) is 5.77. The third kappa shape index (κ3) is 4.13. The molecule has 4 heteroatoms. The second kappa shape index (κ2) is 7.37.